The Hall–Kier alpha value is -1.63. The Balaban J connectivity index is 1.91. The van der Waals surface area contributed by atoms with Gasteiger partial charge < -0.3 is 20.5 Å². The van der Waals surface area contributed by atoms with Crippen molar-refractivity contribution in [2.45, 2.75) is 19.8 Å². The molecule has 0 radical (unpaired) electrons. The Bertz CT molecular complexity index is 382. The summed E-state index contributed by atoms with van der Waals surface area (Å²) in [6.45, 7) is 4.98. The molecule has 7 heteroatoms. The van der Waals surface area contributed by atoms with E-state index in [1.165, 1.54) is 0 Å². The van der Waals surface area contributed by atoms with Gasteiger partial charge in [0, 0.05) is 19.1 Å². The molecule has 100 valence electrons. The third-order valence-electron chi connectivity index (χ3n) is 2.64. The lowest BCUT2D eigenvalue weighted by molar-refractivity contribution is 0.187. The molecule has 0 aromatic carbocycles. The second-order valence-corrected chi connectivity index (χ2v) is 4.26. The standard InChI is InChI=1S/C11H19N5O2/c1-2-4-18-11-15-9(12)14-10(16-11)13-6-8-3-5-17-7-8/h8H,2-7H2,1H3,(H3,12,13,14,15,16). The summed E-state index contributed by atoms with van der Waals surface area (Å²) < 4.78 is 10.6. The van der Waals surface area contributed by atoms with E-state index < -0.39 is 0 Å². The normalized spacial score (nSPS) is 18.8. The van der Waals surface area contributed by atoms with Gasteiger partial charge in [-0.1, -0.05) is 6.92 Å². The molecular formula is C11H19N5O2. The zero-order valence-corrected chi connectivity index (χ0v) is 10.6. The number of hydrogen-bond donors (Lipinski definition) is 2. The predicted molar refractivity (Wildman–Crippen MR) is 67.4 cm³/mol. The molecule has 1 atom stereocenters. The second kappa shape index (κ2) is 6.34. The largest absolute Gasteiger partial charge is 0.463 e. The van der Waals surface area contributed by atoms with Crippen molar-refractivity contribution in [1.29, 1.82) is 0 Å². The summed E-state index contributed by atoms with van der Waals surface area (Å²) in [6, 6.07) is 0.273. The number of nitrogens with zero attached hydrogens (tertiary/aromatic N) is 3. The highest BCUT2D eigenvalue weighted by molar-refractivity contribution is 5.32. The van der Waals surface area contributed by atoms with Gasteiger partial charge in [0.05, 0.1) is 13.2 Å². The minimum absolute atomic E-state index is 0.168. The van der Waals surface area contributed by atoms with E-state index in [0.29, 0.717) is 18.5 Å². The Morgan fingerprint density at radius 3 is 3.06 bits per heavy atom. The Kier molecular flexibility index (Phi) is 4.52. The number of hydrogen-bond acceptors (Lipinski definition) is 7. The molecular weight excluding hydrogens is 234 g/mol. The lowest BCUT2D eigenvalue weighted by Crippen LogP contribution is -2.17. The molecule has 3 N–H and O–H groups in total. The average Bonchev–Trinajstić information content (AvgIpc) is 2.86. The molecule has 2 heterocycles. The first-order chi connectivity index (χ1) is 8.78. The van der Waals surface area contributed by atoms with Crippen molar-refractivity contribution in [3.05, 3.63) is 0 Å². The fourth-order valence-electron chi connectivity index (χ4n) is 1.69. The van der Waals surface area contributed by atoms with Crippen LogP contribution in [0.3, 0.4) is 0 Å². The zero-order chi connectivity index (χ0) is 12.8. The van der Waals surface area contributed by atoms with Gasteiger partial charge in [-0.15, -0.1) is 0 Å². The molecule has 2 rings (SSSR count). The molecule has 1 unspecified atom stereocenters. The van der Waals surface area contributed by atoms with Crippen molar-refractivity contribution >= 4 is 11.9 Å². The number of ether oxygens (including phenoxy) is 2. The van der Waals surface area contributed by atoms with E-state index in [9.17, 15) is 0 Å². The monoisotopic (exact) mass is 253 g/mol. The van der Waals surface area contributed by atoms with E-state index >= 15 is 0 Å². The van der Waals surface area contributed by atoms with Gasteiger partial charge in [-0.3, -0.25) is 0 Å². The molecule has 1 aliphatic heterocycles. The molecule has 7 nitrogen and oxygen atoms in total. The van der Waals surface area contributed by atoms with Crippen molar-refractivity contribution in [1.82, 2.24) is 15.0 Å². The molecule has 1 aromatic heterocycles. The molecule has 1 saturated heterocycles. The van der Waals surface area contributed by atoms with Crippen molar-refractivity contribution in [2.75, 3.05) is 37.4 Å². The second-order valence-electron chi connectivity index (χ2n) is 4.26. The molecule has 0 amide bonds. The molecule has 1 fully saturated rings. The van der Waals surface area contributed by atoms with Gasteiger partial charge in [0.15, 0.2) is 0 Å². The smallest absolute Gasteiger partial charge is 0.323 e. The summed E-state index contributed by atoms with van der Waals surface area (Å²) in [7, 11) is 0. The lowest BCUT2D eigenvalue weighted by Gasteiger charge is -2.10. The van der Waals surface area contributed by atoms with Crippen molar-refractivity contribution < 1.29 is 9.47 Å². The maximum atomic E-state index is 5.61. The minimum atomic E-state index is 0.168. The number of rotatable bonds is 6. The number of aromatic nitrogens is 3. The van der Waals surface area contributed by atoms with Gasteiger partial charge in [0.25, 0.3) is 0 Å². The van der Waals surface area contributed by atoms with Gasteiger partial charge in [0.1, 0.15) is 0 Å². The number of nitrogens with one attached hydrogen (secondary N) is 1. The van der Waals surface area contributed by atoms with E-state index in [4.69, 9.17) is 15.2 Å². The molecule has 18 heavy (non-hydrogen) atoms. The number of nitrogens with two attached hydrogens (primary N) is 1. The maximum Gasteiger partial charge on any atom is 0.323 e. The van der Waals surface area contributed by atoms with Gasteiger partial charge >= 0.3 is 6.01 Å². The van der Waals surface area contributed by atoms with Crippen molar-refractivity contribution in [3.8, 4) is 6.01 Å². The quantitative estimate of drug-likeness (QED) is 0.770. The van der Waals surface area contributed by atoms with Crippen LogP contribution in [0.2, 0.25) is 0 Å². The van der Waals surface area contributed by atoms with E-state index in [1.54, 1.807) is 0 Å². The van der Waals surface area contributed by atoms with Crippen LogP contribution in [0.1, 0.15) is 19.8 Å². The van der Waals surface area contributed by atoms with Crippen LogP contribution >= 0.6 is 0 Å². The van der Waals surface area contributed by atoms with Crippen LogP contribution in [0.25, 0.3) is 0 Å². The summed E-state index contributed by atoms with van der Waals surface area (Å²) in [4.78, 5) is 12.1. The Morgan fingerprint density at radius 1 is 1.44 bits per heavy atom. The Morgan fingerprint density at radius 2 is 2.33 bits per heavy atom. The summed E-state index contributed by atoms with van der Waals surface area (Å²) in [5.74, 6) is 1.13. The van der Waals surface area contributed by atoms with Crippen LogP contribution in [-0.4, -0.2) is 41.3 Å². The van der Waals surface area contributed by atoms with Crippen LogP contribution in [0.15, 0.2) is 0 Å². The topological polar surface area (TPSA) is 95.2 Å². The third kappa shape index (κ3) is 3.69. The van der Waals surface area contributed by atoms with Crippen LogP contribution in [0.4, 0.5) is 11.9 Å². The van der Waals surface area contributed by atoms with Gasteiger partial charge in [0.2, 0.25) is 11.9 Å². The fraction of sp³-hybridized carbons (Fsp3) is 0.727. The molecule has 0 aliphatic carbocycles. The van der Waals surface area contributed by atoms with E-state index in [-0.39, 0.29) is 12.0 Å². The van der Waals surface area contributed by atoms with Crippen molar-refractivity contribution in [3.63, 3.8) is 0 Å². The first kappa shape index (κ1) is 12.8. The number of nitrogen functional groups attached to an aromatic ring is 1. The number of anilines is 2. The maximum absolute atomic E-state index is 5.61. The molecule has 1 aromatic rings. The van der Waals surface area contributed by atoms with Crippen LogP contribution in [0, 0.1) is 5.92 Å². The fourth-order valence-corrected chi connectivity index (χ4v) is 1.69. The van der Waals surface area contributed by atoms with Gasteiger partial charge in [-0.2, -0.15) is 15.0 Å². The van der Waals surface area contributed by atoms with Crippen molar-refractivity contribution in [2.24, 2.45) is 5.92 Å². The van der Waals surface area contributed by atoms with E-state index in [1.807, 2.05) is 6.92 Å². The highest BCUT2D eigenvalue weighted by Crippen LogP contribution is 2.14. The van der Waals surface area contributed by atoms with Crippen LogP contribution < -0.4 is 15.8 Å². The van der Waals surface area contributed by atoms with Crippen LogP contribution in [-0.2, 0) is 4.74 Å². The highest BCUT2D eigenvalue weighted by atomic mass is 16.5. The summed E-state index contributed by atoms with van der Waals surface area (Å²) in [5.41, 5.74) is 5.61. The summed E-state index contributed by atoms with van der Waals surface area (Å²) >= 11 is 0. The third-order valence-corrected chi connectivity index (χ3v) is 2.64. The highest BCUT2D eigenvalue weighted by Gasteiger charge is 2.16. The molecule has 0 saturated carbocycles. The molecule has 0 spiro atoms. The average molecular weight is 253 g/mol. The van der Waals surface area contributed by atoms with E-state index in [0.717, 1.165) is 32.6 Å². The molecule has 1 aliphatic rings. The lowest BCUT2D eigenvalue weighted by atomic mass is 10.1. The summed E-state index contributed by atoms with van der Waals surface area (Å²) in [6.07, 6.45) is 1.96. The summed E-state index contributed by atoms with van der Waals surface area (Å²) in [5, 5.41) is 3.14. The van der Waals surface area contributed by atoms with E-state index in [2.05, 4.69) is 20.3 Å². The van der Waals surface area contributed by atoms with Gasteiger partial charge in [-0.05, 0) is 12.8 Å². The first-order valence-electron chi connectivity index (χ1n) is 6.24. The SMILES string of the molecule is CCCOc1nc(N)nc(NCC2CCOC2)n1. The first-order valence-corrected chi connectivity index (χ1v) is 6.24. The Labute approximate surface area is 106 Å². The predicted octanol–water partition coefficient (Wildman–Crippen LogP) is 0.691. The van der Waals surface area contributed by atoms with Crippen LogP contribution in [0.5, 0.6) is 6.01 Å². The molecule has 0 bridgehead atoms. The minimum Gasteiger partial charge on any atom is -0.463 e. The van der Waals surface area contributed by atoms with Gasteiger partial charge in [-0.25, -0.2) is 0 Å². The zero-order valence-electron chi connectivity index (χ0n) is 10.6.